The van der Waals surface area contributed by atoms with E-state index in [1.807, 2.05) is 0 Å². The summed E-state index contributed by atoms with van der Waals surface area (Å²) in [4.78, 5) is 25.2. The van der Waals surface area contributed by atoms with E-state index in [2.05, 4.69) is 5.32 Å². The molecule has 6 heteroatoms. The lowest BCUT2D eigenvalue weighted by Crippen LogP contribution is -2.50. The van der Waals surface area contributed by atoms with Gasteiger partial charge in [-0.05, 0) is 105 Å². The minimum Gasteiger partial charge on any atom is -0.457 e. The van der Waals surface area contributed by atoms with E-state index in [4.69, 9.17) is 21.1 Å². The van der Waals surface area contributed by atoms with Crippen LogP contribution in [0, 0.1) is 23.2 Å². The molecular weight excluding hydrogens is 414 g/mol. The van der Waals surface area contributed by atoms with E-state index >= 15 is 0 Å². The number of anilines is 1. The monoisotopic (exact) mass is 439 g/mol. The van der Waals surface area contributed by atoms with Crippen molar-refractivity contribution >= 4 is 29.2 Å². The molecule has 0 aromatic heterocycles. The second kappa shape index (κ2) is 8.19. The molecule has 4 aliphatic carbocycles. The summed E-state index contributed by atoms with van der Waals surface area (Å²) in [5.74, 6) is 2.83. The van der Waals surface area contributed by atoms with Gasteiger partial charge in [0, 0.05) is 10.7 Å². The van der Waals surface area contributed by atoms with Crippen LogP contribution in [-0.4, -0.2) is 18.5 Å². The summed E-state index contributed by atoms with van der Waals surface area (Å²) in [6.07, 6.45) is 6.62. The topological polar surface area (TPSA) is 64.6 Å². The number of amides is 1. The summed E-state index contributed by atoms with van der Waals surface area (Å²) in [6.45, 7) is -0.246. The van der Waals surface area contributed by atoms with Gasteiger partial charge in [-0.1, -0.05) is 11.6 Å². The van der Waals surface area contributed by atoms with Crippen molar-refractivity contribution in [2.45, 2.75) is 38.5 Å². The smallest absolute Gasteiger partial charge is 0.312 e. The Labute approximate surface area is 187 Å². The van der Waals surface area contributed by atoms with Gasteiger partial charge in [-0.25, -0.2) is 0 Å². The number of hydrogen-bond acceptors (Lipinski definition) is 4. The van der Waals surface area contributed by atoms with Gasteiger partial charge in [-0.2, -0.15) is 0 Å². The second-order valence-electron chi connectivity index (χ2n) is 9.40. The van der Waals surface area contributed by atoms with E-state index in [0.29, 0.717) is 40.0 Å². The van der Waals surface area contributed by atoms with Crippen LogP contribution in [0.4, 0.5) is 5.69 Å². The SMILES string of the molecule is O=C(COC(=O)C12CC3CC(CC(C3)C1)C2)Nc1ccc(Oc2ccc(Cl)cc2)cc1. The van der Waals surface area contributed by atoms with Gasteiger partial charge >= 0.3 is 5.97 Å². The Morgan fingerprint density at radius 3 is 1.94 bits per heavy atom. The zero-order valence-electron chi connectivity index (χ0n) is 17.3. The third kappa shape index (κ3) is 4.42. The van der Waals surface area contributed by atoms with Crippen LogP contribution in [0.15, 0.2) is 48.5 Å². The quantitative estimate of drug-likeness (QED) is 0.575. The fraction of sp³-hybridized carbons (Fsp3) is 0.440. The molecule has 6 rings (SSSR count). The van der Waals surface area contributed by atoms with Crippen molar-refractivity contribution in [3.8, 4) is 11.5 Å². The fourth-order valence-corrected chi connectivity index (χ4v) is 6.21. The third-order valence-corrected chi connectivity index (χ3v) is 7.24. The zero-order valence-corrected chi connectivity index (χ0v) is 18.1. The molecule has 5 nitrogen and oxygen atoms in total. The second-order valence-corrected chi connectivity index (χ2v) is 9.84. The number of rotatable bonds is 6. The maximum Gasteiger partial charge on any atom is 0.312 e. The number of ether oxygens (including phenoxy) is 2. The number of esters is 1. The molecule has 2 aromatic carbocycles. The average Bonchev–Trinajstić information content (AvgIpc) is 2.74. The van der Waals surface area contributed by atoms with Gasteiger partial charge in [0.15, 0.2) is 6.61 Å². The molecule has 162 valence electrons. The summed E-state index contributed by atoms with van der Waals surface area (Å²) < 4.78 is 11.2. The highest BCUT2D eigenvalue weighted by Gasteiger charge is 2.55. The lowest BCUT2D eigenvalue weighted by molar-refractivity contribution is -0.172. The zero-order chi connectivity index (χ0) is 21.4. The standard InChI is InChI=1S/C25H26ClNO4/c26-19-1-5-21(6-2-19)31-22-7-3-20(4-8-22)27-23(28)15-30-24(29)25-12-16-9-17(13-25)11-18(10-16)14-25/h1-8,16-18H,9-15H2,(H,27,28). The summed E-state index contributed by atoms with van der Waals surface area (Å²) in [5, 5.41) is 3.43. The van der Waals surface area contributed by atoms with Crippen LogP contribution in [0.25, 0.3) is 0 Å². The molecule has 4 saturated carbocycles. The normalized spacial score (nSPS) is 28.2. The molecule has 4 bridgehead atoms. The van der Waals surface area contributed by atoms with Crippen LogP contribution in [0.2, 0.25) is 5.02 Å². The Kier molecular flexibility index (Phi) is 5.39. The summed E-state index contributed by atoms with van der Waals surface area (Å²) in [5.41, 5.74) is 0.287. The number of carbonyl (C=O) groups is 2. The number of carbonyl (C=O) groups excluding carboxylic acids is 2. The fourth-order valence-electron chi connectivity index (χ4n) is 6.09. The summed E-state index contributed by atoms with van der Waals surface area (Å²) >= 11 is 5.88. The number of benzene rings is 2. The molecule has 31 heavy (non-hydrogen) atoms. The minimum absolute atomic E-state index is 0.173. The molecule has 2 aromatic rings. The molecule has 4 fully saturated rings. The Morgan fingerprint density at radius 2 is 1.39 bits per heavy atom. The van der Waals surface area contributed by atoms with E-state index in [-0.39, 0.29) is 23.9 Å². The Morgan fingerprint density at radius 1 is 0.871 bits per heavy atom. The number of halogens is 1. The van der Waals surface area contributed by atoms with Crippen molar-refractivity contribution in [2.75, 3.05) is 11.9 Å². The first-order chi connectivity index (χ1) is 15.0. The van der Waals surface area contributed by atoms with E-state index < -0.39 is 0 Å². The highest BCUT2D eigenvalue weighted by Crippen LogP contribution is 2.60. The van der Waals surface area contributed by atoms with Gasteiger partial charge in [-0.15, -0.1) is 0 Å². The van der Waals surface area contributed by atoms with E-state index in [0.717, 1.165) is 19.3 Å². The molecule has 4 aliphatic rings. The van der Waals surface area contributed by atoms with E-state index in [1.165, 1.54) is 19.3 Å². The molecule has 0 aliphatic heterocycles. The molecule has 0 spiro atoms. The predicted octanol–water partition coefficient (Wildman–Crippen LogP) is 5.83. The van der Waals surface area contributed by atoms with Crippen molar-refractivity contribution in [1.29, 1.82) is 0 Å². The van der Waals surface area contributed by atoms with Crippen LogP contribution >= 0.6 is 11.6 Å². The van der Waals surface area contributed by atoms with Crippen molar-refractivity contribution < 1.29 is 19.1 Å². The molecule has 1 N–H and O–H groups in total. The number of nitrogens with one attached hydrogen (secondary N) is 1. The molecule has 0 atom stereocenters. The first kappa shape index (κ1) is 20.4. The highest BCUT2D eigenvalue weighted by atomic mass is 35.5. The maximum atomic E-state index is 12.9. The maximum absolute atomic E-state index is 12.9. The molecular formula is C25H26ClNO4. The average molecular weight is 440 g/mol. The van der Waals surface area contributed by atoms with E-state index in [1.54, 1.807) is 48.5 Å². The lowest BCUT2D eigenvalue weighted by Gasteiger charge is -2.55. The van der Waals surface area contributed by atoms with Gasteiger partial charge in [0.25, 0.3) is 5.91 Å². The highest BCUT2D eigenvalue weighted by molar-refractivity contribution is 6.30. The molecule has 1 amide bonds. The van der Waals surface area contributed by atoms with Gasteiger partial charge in [-0.3, -0.25) is 9.59 Å². The Balaban J connectivity index is 1.12. The lowest BCUT2D eigenvalue weighted by atomic mass is 9.49. The number of hydrogen-bond donors (Lipinski definition) is 1. The van der Waals surface area contributed by atoms with Crippen LogP contribution in [0.1, 0.15) is 38.5 Å². The predicted molar refractivity (Wildman–Crippen MR) is 118 cm³/mol. The van der Waals surface area contributed by atoms with Crippen LogP contribution in [0.3, 0.4) is 0 Å². The third-order valence-electron chi connectivity index (χ3n) is 6.99. The summed E-state index contributed by atoms with van der Waals surface area (Å²) in [7, 11) is 0. The van der Waals surface area contributed by atoms with Crippen molar-refractivity contribution in [1.82, 2.24) is 0 Å². The largest absolute Gasteiger partial charge is 0.457 e. The van der Waals surface area contributed by atoms with E-state index in [9.17, 15) is 9.59 Å². The molecule has 0 radical (unpaired) electrons. The first-order valence-electron chi connectivity index (χ1n) is 11.0. The molecule has 0 heterocycles. The Bertz CT molecular complexity index is 935. The van der Waals surface area contributed by atoms with Gasteiger partial charge in [0.2, 0.25) is 0 Å². The minimum atomic E-state index is -0.338. The van der Waals surface area contributed by atoms with Crippen LogP contribution in [0.5, 0.6) is 11.5 Å². The van der Waals surface area contributed by atoms with Crippen LogP contribution < -0.4 is 10.1 Å². The van der Waals surface area contributed by atoms with Crippen LogP contribution in [-0.2, 0) is 14.3 Å². The van der Waals surface area contributed by atoms with Crippen molar-refractivity contribution in [3.63, 3.8) is 0 Å². The molecule has 0 saturated heterocycles. The van der Waals surface area contributed by atoms with Gasteiger partial charge in [0.05, 0.1) is 5.41 Å². The van der Waals surface area contributed by atoms with Gasteiger partial charge in [0.1, 0.15) is 11.5 Å². The van der Waals surface area contributed by atoms with Crippen molar-refractivity contribution in [2.24, 2.45) is 23.2 Å². The van der Waals surface area contributed by atoms with Crippen molar-refractivity contribution in [3.05, 3.63) is 53.6 Å². The molecule has 0 unspecified atom stereocenters. The summed E-state index contributed by atoms with van der Waals surface area (Å²) in [6, 6.07) is 14.1. The Hall–Kier alpha value is -2.53. The van der Waals surface area contributed by atoms with Gasteiger partial charge < -0.3 is 14.8 Å². The first-order valence-corrected chi connectivity index (χ1v) is 11.4.